The summed E-state index contributed by atoms with van der Waals surface area (Å²) in [7, 11) is 1.23. The maximum atomic E-state index is 13.1. The van der Waals surface area contributed by atoms with Gasteiger partial charge in [0, 0.05) is 6.07 Å². The second-order valence-corrected chi connectivity index (χ2v) is 5.97. The fourth-order valence-corrected chi connectivity index (χ4v) is 2.35. The van der Waals surface area contributed by atoms with Crippen LogP contribution in [-0.2, 0) is 25.5 Å². The minimum absolute atomic E-state index is 0.156. The van der Waals surface area contributed by atoms with Crippen molar-refractivity contribution in [2.24, 2.45) is 0 Å². The van der Waals surface area contributed by atoms with E-state index in [9.17, 15) is 23.2 Å². The summed E-state index contributed by atoms with van der Waals surface area (Å²) < 4.78 is 30.9. The second-order valence-electron chi connectivity index (χ2n) is 5.97. The summed E-state index contributed by atoms with van der Waals surface area (Å²) in [6, 6.07) is 1.09. The van der Waals surface area contributed by atoms with E-state index in [1.807, 2.05) is 6.92 Å². The van der Waals surface area contributed by atoms with Crippen LogP contribution in [0.15, 0.2) is 18.2 Å². The van der Waals surface area contributed by atoms with Crippen molar-refractivity contribution in [3.63, 3.8) is 0 Å². The van der Waals surface area contributed by atoms with Gasteiger partial charge in [-0.2, -0.15) is 0 Å². The smallest absolute Gasteiger partial charge is 0.328 e. The van der Waals surface area contributed by atoms with Gasteiger partial charge in [0.2, 0.25) is 11.8 Å². The van der Waals surface area contributed by atoms with Gasteiger partial charge in [-0.3, -0.25) is 9.59 Å². The van der Waals surface area contributed by atoms with Crippen molar-refractivity contribution in [3.8, 4) is 0 Å². The Morgan fingerprint density at radius 3 is 2.27 bits per heavy atom. The zero-order chi connectivity index (χ0) is 19.7. The summed E-state index contributed by atoms with van der Waals surface area (Å²) in [5.74, 6) is -3.23. The summed E-state index contributed by atoms with van der Waals surface area (Å²) in [5, 5.41) is 4.98. The molecule has 1 rings (SSSR count). The lowest BCUT2D eigenvalue weighted by atomic mass is 10.1. The molecule has 0 saturated carbocycles. The van der Waals surface area contributed by atoms with Gasteiger partial charge < -0.3 is 15.4 Å². The second kappa shape index (κ2) is 10.5. The highest BCUT2D eigenvalue weighted by Gasteiger charge is 2.24. The van der Waals surface area contributed by atoms with Crippen molar-refractivity contribution < 1.29 is 27.9 Å². The SMILES string of the molecule is CCCCC(NC(=O)C(C)NC(=O)Cc1cc(F)cc(F)c1)C(=O)OC. The van der Waals surface area contributed by atoms with Gasteiger partial charge in [-0.05, 0) is 31.0 Å². The maximum absolute atomic E-state index is 13.1. The summed E-state index contributed by atoms with van der Waals surface area (Å²) in [6.45, 7) is 3.40. The monoisotopic (exact) mass is 370 g/mol. The van der Waals surface area contributed by atoms with Crippen LogP contribution in [0.2, 0.25) is 0 Å². The van der Waals surface area contributed by atoms with Crippen LogP contribution in [0, 0.1) is 11.6 Å². The van der Waals surface area contributed by atoms with Gasteiger partial charge in [0.25, 0.3) is 0 Å². The van der Waals surface area contributed by atoms with Crippen LogP contribution in [-0.4, -0.2) is 37.0 Å². The van der Waals surface area contributed by atoms with Crippen LogP contribution in [0.1, 0.15) is 38.7 Å². The quantitative estimate of drug-likeness (QED) is 0.650. The van der Waals surface area contributed by atoms with Crippen molar-refractivity contribution in [1.82, 2.24) is 10.6 Å². The third-order valence-electron chi connectivity index (χ3n) is 3.71. The number of ether oxygens (including phenoxy) is 1. The molecular weight excluding hydrogens is 346 g/mol. The number of amides is 2. The molecule has 0 radical (unpaired) electrons. The Kier molecular flexibility index (Phi) is 8.67. The first-order valence-electron chi connectivity index (χ1n) is 8.39. The first-order valence-corrected chi connectivity index (χ1v) is 8.39. The zero-order valence-electron chi connectivity index (χ0n) is 15.1. The Hall–Kier alpha value is -2.51. The number of benzene rings is 1. The third-order valence-corrected chi connectivity index (χ3v) is 3.71. The zero-order valence-corrected chi connectivity index (χ0v) is 15.1. The van der Waals surface area contributed by atoms with Crippen LogP contribution in [0.5, 0.6) is 0 Å². The molecule has 8 heteroatoms. The molecule has 0 aliphatic carbocycles. The van der Waals surface area contributed by atoms with Gasteiger partial charge >= 0.3 is 5.97 Å². The first kappa shape index (κ1) is 21.5. The van der Waals surface area contributed by atoms with Crippen molar-refractivity contribution in [1.29, 1.82) is 0 Å². The molecule has 0 aliphatic heterocycles. The first-order chi connectivity index (χ1) is 12.3. The number of carbonyl (C=O) groups excluding carboxylic acids is 3. The Labute approximate surface area is 151 Å². The van der Waals surface area contributed by atoms with Crippen LogP contribution >= 0.6 is 0 Å². The number of hydrogen-bond acceptors (Lipinski definition) is 4. The molecule has 0 fully saturated rings. The third kappa shape index (κ3) is 7.16. The molecule has 26 heavy (non-hydrogen) atoms. The molecule has 144 valence electrons. The number of nitrogens with one attached hydrogen (secondary N) is 2. The van der Waals surface area contributed by atoms with E-state index in [2.05, 4.69) is 15.4 Å². The van der Waals surface area contributed by atoms with Crippen LogP contribution < -0.4 is 10.6 Å². The van der Waals surface area contributed by atoms with Gasteiger partial charge in [-0.25, -0.2) is 13.6 Å². The van der Waals surface area contributed by atoms with E-state index in [0.717, 1.165) is 25.0 Å². The van der Waals surface area contributed by atoms with Gasteiger partial charge in [-0.1, -0.05) is 19.8 Å². The molecule has 2 N–H and O–H groups in total. The van der Waals surface area contributed by atoms with E-state index in [1.54, 1.807) is 0 Å². The molecule has 6 nitrogen and oxygen atoms in total. The highest BCUT2D eigenvalue weighted by atomic mass is 19.1. The predicted molar refractivity (Wildman–Crippen MR) is 91.1 cm³/mol. The fourth-order valence-electron chi connectivity index (χ4n) is 2.35. The fraction of sp³-hybridized carbons (Fsp3) is 0.500. The number of unbranched alkanes of at least 4 members (excludes halogenated alkanes) is 1. The van der Waals surface area contributed by atoms with Crippen LogP contribution in [0.4, 0.5) is 8.78 Å². The lowest BCUT2D eigenvalue weighted by molar-refractivity contribution is -0.145. The van der Waals surface area contributed by atoms with Gasteiger partial charge in [0.15, 0.2) is 0 Å². The lowest BCUT2D eigenvalue weighted by Crippen LogP contribution is -2.50. The van der Waals surface area contributed by atoms with Crippen molar-refractivity contribution in [2.75, 3.05) is 7.11 Å². The molecule has 0 aromatic heterocycles. The molecule has 1 aromatic carbocycles. The summed E-state index contributed by atoms with van der Waals surface area (Å²) in [5.41, 5.74) is 0.156. The van der Waals surface area contributed by atoms with Crippen molar-refractivity contribution in [2.45, 2.75) is 51.6 Å². The number of halogens is 2. The minimum atomic E-state index is -0.922. The Morgan fingerprint density at radius 1 is 1.12 bits per heavy atom. The number of rotatable bonds is 9. The maximum Gasteiger partial charge on any atom is 0.328 e. The van der Waals surface area contributed by atoms with Crippen LogP contribution in [0.25, 0.3) is 0 Å². The molecule has 0 heterocycles. The predicted octanol–water partition coefficient (Wildman–Crippen LogP) is 1.86. The van der Waals surface area contributed by atoms with E-state index in [4.69, 9.17) is 0 Å². The molecule has 2 amide bonds. The standard InChI is InChI=1S/C18H24F2N2O4/c1-4-5-6-15(18(25)26-3)22-17(24)11(2)21-16(23)9-12-7-13(19)10-14(20)8-12/h7-8,10-11,15H,4-6,9H2,1-3H3,(H,21,23)(H,22,24). The number of methoxy groups -OCH3 is 1. The highest BCUT2D eigenvalue weighted by molar-refractivity contribution is 5.90. The van der Waals surface area contributed by atoms with E-state index >= 15 is 0 Å². The highest BCUT2D eigenvalue weighted by Crippen LogP contribution is 2.09. The Balaban J connectivity index is 2.61. The molecule has 0 aliphatic rings. The van der Waals surface area contributed by atoms with Crippen molar-refractivity contribution >= 4 is 17.8 Å². The average Bonchev–Trinajstić information content (AvgIpc) is 2.56. The molecule has 0 bridgehead atoms. The lowest BCUT2D eigenvalue weighted by Gasteiger charge is -2.19. The Morgan fingerprint density at radius 2 is 1.73 bits per heavy atom. The summed E-state index contributed by atoms with van der Waals surface area (Å²) in [4.78, 5) is 35.9. The summed E-state index contributed by atoms with van der Waals surface area (Å²) >= 11 is 0. The minimum Gasteiger partial charge on any atom is -0.467 e. The largest absolute Gasteiger partial charge is 0.467 e. The van der Waals surface area contributed by atoms with Crippen LogP contribution in [0.3, 0.4) is 0 Å². The Bertz CT molecular complexity index is 632. The van der Waals surface area contributed by atoms with E-state index in [0.29, 0.717) is 12.5 Å². The molecule has 2 unspecified atom stereocenters. The van der Waals surface area contributed by atoms with Gasteiger partial charge in [-0.15, -0.1) is 0 Å². The molecule has 0 spiro atoms. The normalized spacial score (nSPS) is 12.8. The molecular formula is C18H24F2N2O4. The van der Waals surface area contributed by atoms with E-state index < -0.39 is 41.5 Å². The van der Waals surface area contributed by atoms with E-state index in [-0.39, 0.29) is 12.0 Å². The van der Waals surface area contributed by atoms with E-state index in [1.165, 1.54) is 14.0 Å². The summed E-state index contributed by atoms with van der Waals surface area (Å²) in [6.07, 6.45) is 1.73. The number of carbonyl (C=O) groups is 3. The average molecular weight is 370 g/mol. The molecule has 1 aromatic rings. The molecule has 0 saturated heterocycles. The molecule has 2 atom stereocenters. The topological polar surface area (TPSA) is 84.5 Å². The number of esters is 1. The van der Waals surface area contributed by atoms with Gasteiger partial charge in [0.1, 0.15) is 23.7 Å². The van der Waals surface area contributed by atoms with Gasteiger partial charge in [0.05, 0.1) is 13.5 Å². The number of hydrogen-bond donors (Lipinski definition) is 2. The van der Waals surface area contributed by atoms with Crippen molar-refractivity contribution in [3.05, 3.63) is 35.4 Å².